The van der Waals surface area contributed by atoms with Crippen molar-refractivity contribution < 1.29 is 0 Å². The van der Waals surface area contributed by atoms with E-state index in [0.29, 0.717) is 6.04 Å². The van der Waals surface area contributed by atoms with Crippen molar-refractivity contribution >= 4 is 0 Å². The minimum atomic E-state index is 0.394. The van der Waals surface area contributed by atoms with Crippen molar-refractivity contribution in [3.63, 3.8) is 0 Å². The number of nitrogens with one attached hydrogen (secondary N) is 2. The predicted octanol–water partition coefficient (Wildman–Crippen LogP) is 3.62. The van der Waals surface area contributed by atoms with Gasteiger partial charge in [0.2, 0.25) is 0 Å². The van der Waals surface area contributed by atoms with Crippen molar-refractivity contribution in [1.82, 2.24) is 15.3 Å². The topological polar surface area (TPSA) is 40.7 Å². The average molecular weight is 271 g/mol. The van der Waals surface area contributed by atoms with Crippen LogP contribution in [0.2, 0.25) is 0 Å². The number of hydrogen-bond donors (Lipinski definition) is 2. The number of aromatic nitrogens is 2. The summed E-state index contributed by atoms with van der Waals surface area (Å²) >= 11 is 0. The molecule has 0 saturated carbocycles. The standard InChI is InChI=1S/C17H25N3/c1-12-10-14(3)16(11-13(12)2)15(4)18-7-5-6-17-19-8-9-20-17/h8-11,15,18H,5-7H2,1-4H3,(H,19,20). The zero-order chi connectivity index (χ0) is 14.5. The molecule has 0 spiro atoms. The summed E-state index contributed by atoms with van der Waals surface area (Å²) in [5.41, 5.74) is 5.52. The third-order valence-corrected chi connectivity index (χ3v) is 3.94. The Morgan fingerprint density at radius 2 is 1.90 bits per heavy atom. The quantitative estimate of drug-likeness (QED) is 0.788. The van der Waals surface area contributed by atoms with Crippen LogP contribution in [0.25, 0.3) is 0 Å². The van der Waals surface area contributed by atoms with Crippen molar-refractivity contribution in [1.29, 1.82) is 0 Å². The second-order valence-corrected chi connectivity index (χ2v) is 5.61. The van der Waals surface area contributed by atoms with Crippen LogP contribution in [-0.2, 0) is 6.42 Å². The number of hydrogen-bond acceptors (Lipinski definition) is 2. The van der Waals surface area contributed by atoms with Gasteiger partial charge in [-0.05, 0) is 62.9 Å². The van der Waals surface area contributed by atoms with Crippen LogP contribution in [0.5, 0.6) is 0 Å². The zero-order valence-corrected chi connectivity index (χ0v) is 13.0. The Morgan fingerprint density at radius 3 is 2.60 bits per heavy atom. The van der Waals surface area contributed by atoms with Gasteiger partial charge in [-0.1, -0.05) is 12.1 Å². The minimum absolute atomic E-state index is 0.394. The van der Waals surface area contributed by atoms with Gasteiger partial charge in [-0.25, -0.2) is 4.98 Å². The SMILES string of the molecule is Cc1cc(C)c(C(C)NCCCc2ncc[nH]2)cc1C. The number of rotatable bonds is 6. The molecular weight excluding hydrogens is 246 g/mol. The highest BCUT2D eigenvalue weighted by Crippen LogP contribution is 2.21. The molecular formula is C17H25N3. The van der Waals surface area contributed by atoms with Crippen molar-refractivity contribution in [3.8, 4) is 0 Å². The lowest BCUT2D eigenvalue weighted by atomic mass is 9.96. The normalized spacial score (nSPS) is 12.6. The molecule has 3 heteroatoms. The van der Waals surface area contributed by atoms with Crippen LogP contribution in [0.1, 0.15) is 47.5 Å². The molecule has 0 amide bonds. The van der Waals surface area contributed by atoms with E-state index >= 15 is 0 Å². The number of aromatic amines is 1. The van der Waals surface area contributed by atoms with E-state index in [-0.39, 0.29) is 0 Å². The summed E-state index contributed by atoms with van der Waals surface area (Å²) in [4.78, 5) is 7.38. The summed E-state index contributed by atoms with van der Waals surface area (Å²) in [5.74, 6) is 1.07. The van der Waals surface area contributed by atoms with E-state index in [1.807, 2.05) is 12.4 Å². The number of aryl methyl sites for hydroxylation is 4. The second-order valence-electron chi connectivity index (χ2n) is 5.61. The molecule has 0 aliphatic carbocycles. The van der Waals surface area contributed by atoms with Crippen LogP contribution in [0, 0.1) is 20.8 Å². The zero-order valence-electron chi connectivity index (χ0n) is 13.0. The number of imidazole rings is 1. The molecule has 20 heavy (non-hydrogen) atoms. The minimum Gasteiger partial charge on any atom is -0.349 e. The van der Waals surface area contributed by atoms with E-state index in [1.165, 1.54) is 22.3 Å². The van der Waals surface area contributed by atoms with Crippen LogP contribution in [0.15, 0.2) is 24.5 Å². The van der Waals surface area contributed by atoms with Gasteiger partial charge in [0.15, 0.2) is 0 Å². The van der Waals surface area contributed by atoms with E-state index in [0.717, 1.165) is 25.2 Å². The Kier molecular flexibility index (Phi) is 4.96. The van der Waals surface area contributed by atoms with E-state index in [4.69, 9.17) is 0 Å². The fraction of sp³-hybridized carbons (Fsp3) is 0.471. The molecule has 1 unspecified atom stereocenters. The third kappa shape index (κ3) is 3.70. The molecule has 0 aliphatic rings. The maximum absolute atomic E-state index is 4.24. The molecule has 0 aliphatic heterocycles. The monoisotopic (exact) mass is 271 g/mol. The summed E-state index contributed by atoms with van der Waals surface area (Å²) < 4.78 is 0. The molecule has 0 saturated heterocycles. The predicted molar refractivity (Wildman–Crippen MR) is 84.0 cm³/mol. The van der Waals surface area contributed by atoms with Crippen LogP contribution in [0.4, 0.5) is 0 Å². The van der Waals surface area contributed by atoms with E-state index < -0.39 is 0 Å². The first-order chi connectivity index (χ1) is 9.58. The lowest BCUT2D eigenvalue weighted by molar-refractivity contribution is 0.552. The van der Waals surface area contributed by atoms with Gasteiger partial charge >= 0.3 is 0 Å². The number of nitrogens with zero attached hydrogens (tertiary/aromatic N) is 1. The first-order valence-electron chi connectivity index (χ1n) is 7.37. The molecule has 1 heterocycles. The Balaban J connectivity index is 1.85. The maximum atomic E-state index is 4.24. The van der Waals surface area contributed by atoms with Crippen LogP contribution in [0.3, 0.4) is 0 Å². The molecule has 2 rings (SSSR count). The van der Waals surface area contributed by atoms with E-state index in [9.17, 15) is 0 Å². The highest BCUT2D eigenvalue weighted by atomic mass is 14.9. The Bertz CT molecular complexity index is 544. The molecule has 108 valence electrons. The Labute approximate surface area is 121 Å². The molecule has 0 radical (unpaired) electrons. The largest absolute Gasteiger partial charge is 0.349 e. The highest BCUT2D eigenvalue weighted by molar-refractivity contribution is 5.37. The summed E-state index contributed by atoms with van der Waals surface area (Å²) in [6, 6.07) is 4.99. The van der Waals surface area contributed by atoms with Gasteiger partial charge in [0.05, 0.1) is 0 Å². The van der Waals surface area contributed by atoms with Crippen molar-refractivity contribution in [2.45, 2.75) is 46.6 Å². The lowest BCUT2D eigenvalue weighted by Crippen LogP contribution is -2.21. The van der Waals surface area contributed by atoms with Gasteiger partial charge in [0, 0.05) is 24.9 Å². The highest BCUT2D eigenvalue weighted by Gasteiger charge is 2.09. The fourth-order valence-electron chi connectivity index (χ4n) is 2.57. The van der Waals surface area contributed by atoms with Gasteiger partial charge in [0.25, 0.3) is 0 Å². The molecule has 2 N–H and O–H groups in total. The average Bonchev–Trinajstić information content (AvgIpc) is 2.92. The molecule has 3 nitrogen and oxygen atoms in total. The maximum Gasteiger partial charge on any atom is 0.106 e. The van der Waals surface area contributed by atoms with Crippen molar-refractivity contribution in [2.24, 2.45) is 0 Å². The van der Waals surface area contributed by atoms with Crippen LogP contribution in [-0.4, -0.2) is 16.5 Å². The second kappa shape index (κ2) is 6.71. The van der Waals surface area contributed by atoms with Gasteiger partial charge in [-0.2, -0.15) is 0 Å². The van der Waals surface area contributed by atoms with E-state index in [1.54, 1.807) is 0 Å². The Morgan fingerprint density at radius 1 is 1.15 bits per heavy atom. The molecule has 1 atom stereocenters. The summed E-state index contributed by atoms with van der Waals surface area (Å²) in [5, 5.41) is 3.61. The van der Waals surface area contributed by atoms with Crippen LogP contribution >= 0.6 is 0 Å². The van der Waals surface area contributed by atoms with Crippen molar-refractivity contribution in [3.05, 3.63) is 52.6 Å². The summed E-state index contributed by atoms with van der Waals surface area (Å²) in [6.45, 7) is 9.80. The van der Waals surface area contributed by atoms with E-state index in [2.05, 4.69) is 55.1 Å². The molecule has 1 aromatic heterocycles. The molecule has 0 fully saturated rings. The molecule has 1 aromatic carbocycles. The summed E-state index contributed by atoms with van der Waals surface area (Å²) in [6.07, 6.45) is 5.79. The molecule has 2 aromatic rings. The smallest absolute Gasteiger partial charge is 0.106 e. The first-order valence-corrected chi connectivity index (χ1v) is 7.37. The van der Waals surface area contributed by atoms with Gasteiger partial charge in [-0.3, -0.25) is 0 Å². The lowest BCUT2D eigenvalue weighted by Gasteiger charge is -2.18. The number of benzene rings is 1. The third-order valence-electron chi connectivity index (χ3n) is 3.94. The summed E-state index contributed by atoms with van der Waals surface area (Å²) in [7, 11) is 0. The first kappa shape index (κ1) is 14.8. The fourth-order valence-corrected chi connectivity index (χ4v) is 2.57. The Hall–Kier alpha value is -1.61. The van der Waals surface area contributed by atoms with Crippen LogP contribution < -0.4 is 5.32 Å². The number of H-pyrrole nitrogens is 1. The molecule has 0 bridgehead atoms. The van der Waals surface area contributed by atoms with Gasteiger partial charge < -0.3 is 10.3 Å². The van der Waals surface area contributed by atoms with Crippen molar-refractivity contribution in [2.75, 3.05) is 6.54 Å². The van der Waals surface area contributed by atoms with Gasteiger partial charge in [-0.15, -0.1) is 0 Å². The van der Waals surface area contributed by atoms with Gasteiger partial charge in [0.1, 0.15) is 5.82 Å².